The summed E-state index contributed by atoms with van der Waals surface area (Å²) in [5, 5.41) is 9.48. The van der Waals surface area contributed by atoms with E-state index in [4.69, 9.17) is 5.11 Å². The van der Waals surface area contributed by atoms with Gasteiger partial charge in [0.15, 0.2) is 0 Å². The molecule has 0 bridgehead atoms. The van der Waals surface area contributed by atoms with Crippen molar-refractivity contribution in [2.24, 2.45) is 0 Å². The van der Waals surface area contributed by atoms with Crippen molar-refractivity contribution in [3.05, 3.63) is 34.5 Å². The Morgan fingerprint density at radius 1 is 1.18 bits per heavy atom. The zero-order valence-electron chi connectivity index (χ0n) is 9.92. The minimum atomic E-state index is -1.42. The number of benzene rings is 1. The second-order valence-corrected chi connectivity index (χ2v) is 4.19. The van der Waals surface area contributed by atoms with Gasteiger partial charge in [0.05, 0.1) is 5.56 Å². The fourth-order valence-corrected chi connectivity index (χ4v) is 2.04. The number of H-pyrrole nitrogens is 1. The van der Waals surface area contributed by atoms with Crippen molar-refractivity contribution in [3.8, 4) is 0 Å². The Labute approximate surface area is 98.3 Å². The molecule has 0 atom stereocenters. The van der Waals surface area contributed by atoms with Crippen LogP contribution in [0.3, 0.4) is 0 Å². The zero-order valence-corrected chi connectivity index (χ0v) is 9.92. The van der Waals surface area contributed by atoms with E-state index in [0.717, 1.165) is 16.6 Å². The third-order valence-electron chi connectivity index (χ3n) is 3.11. The molecular formula is C13H13NO3. The highest BCUT2D eigenvalue weighted by molar-refractivity contribution is 6.42. The number of carbonyl (C=O) groups is 2. The number of Topliss-reactive ketones (excluding diaryl/α,β-unsaturated/α-hetero) is 1. The molecule has 0 aliphatic heterocycles. The number of aliphatic carboxylic acids is 1. The number of aryl methyl sites for hydroxylation is 3. The molecule has 0 saturated carbocycles. The Kier molecular flexibility index (Phi) is 2.50. The molecule has 2 N–H and O–H groups in total. The van der Waals surface area contributed by atoms with Gasteiger partial charge in [0.2, 0.25) is 0 Å². The first-order valence-corrected chi connectivity index (χ1v) is 5.29. The standard InChI is InChI=1S/C13H13NO3/c1-6-4-5-9-10(12(15)13(16)17)8(3)14-11(9)7(6)2/h4-5,14H,1-3H3,(H,16,17). The predicted octanol–water partition coefficient (Wildman–Crippen LogP) is 2.36. The number of aromatic nitrogens is 1. The van der Waals surface area contributed by atoms with Crippen molar-refractivity contribution >= 4 is 22.7 Å². The highest BCUT2D eigenvalue weighted by atomic mass is 16.4. The molecule has 2 aromatic rings. The van der Waals surface area contributed by atoms with E-state index in [9.17, 15) is 9.59 Å². The third-order valence-corrected chi connectivity index (χ3v) is 3.11. The number of carboxylic acids is 1. The summed E-state index contributed by atoms with van der Waals surface area (Å²) in [4.78, 5) is 25.5. The van der Waals surface area contributed by atoms with Gasteiger partial charge in [-0.05, 0) is 31.9 Å². The number of hydrogen-bond donors (Lipinski definition) is 2. The highest BCUT2D eigenvalue weighted by Crippen LogP contribution is 2.27. The van der Waals surface area contributed by atoms with E-state index < -0.39 is 11.8 Å². The number of carboxylic acid groups (broad SMARTS) is 1. The summed E-state index contributed by atoms with van der Waals surface area (Å²) < 4.78 is 0. The van der Waals surface area contributed by atoms with Crippen molar-refractivity contribution in [2.75, 3.05) is 0 Å². The van der Waals surface area contributed by atoms with E-state index in [-0.39, 0.29) is 5.56 Å². The van der Waals surface area contributed by atoms with Crippen molar-refractivity contribution < 1.29 is 14.7 Å². The van der Waals surface area contributed by atoms with Gasteiger partial charge in [-0.1, -0.05) is 12.1 Å². The Morgan fingerprint density at radius 2 is 1.82 bits per heavy atom. The van der Waals surface area contributed by atoms with E-state index in [1.807, 2.05) is 19.9 Å². The molecule has 4 nitrogen and oxygen atoms in total. The maximum atomic E-state index is 11.6. The Morgan fingerprint density at radius 3 is 2.41 bits per heavy atom. The molecule has 17 heavy (non-hydrogen) atoms. The number of aromatic amines is 1. The number of rotatable bonds is 2. The summed E-state index contributed by atoms with van der Waals surface area (Å²) >= 11 is 0. The van der Waals surface area contributed by atoms with Crippen LogP contribution in [0.25, 0.3) is 10.9 Å². The molecule has 0 saturated heterocycles. The van der Waals surface area contributed by atoms with Crippen LogP contribution in [0.5, 0.6) is 0 Å². The predicted molar refractivity (Wildman–Crippen MR) is 64.5 cm³/mol. The average Bonchev–Trinajstić information content (AvgIpc) is 2.60. The van der Waals surface area contributed by atoms with Gasteiger partial charge in [0, 0.05) is 16.6 Å². The molecule has 0 amide bonds. The highest BCUT2D eigenvalue weighted by Gasteiger charge is 2.22. The summed E-state index contributed by atoms with van der Waals surface area (Å²) in [6.07, 6.45) is 0. The fourth-order valence-electron chi connectivity index (χ4n) is 2.04. The van der Waals surface area contributed by atoms with Gasteiger partial charge in [-0.2, -0.15) is 0 Å². The molecular weight excluding hydrogens is 218 g/mol. The van der Waals surface area contributed by atoms with E-state index in [0.29, 0.717) is 11.1 Å². The minimum Gasteiger partial charge on any atom is -0.475 e. The lowest BCUT2D eigenvalue weighted by Crippen LogP contribution is -2.13. The van der Waals surface area contributed by atoms with E-state index >= 15 is 0 Å². The molecule has 0 aliphatic rings. The van der Waals surface area contributed by atoms with Crippen LogP contribution in [0.15, 0.2) is 12.1 Å². The Bertz CT molecular complexity index is 638. The molecule has 0 radical (unpaired) electrons. The number of carbonyl (C=O) groups excluding carboxylic acids is 1. The third kappa shape index (κ3) is 1.62. The average molecular weight is 231 g/mol. The minimum absolute atomic E-state index is 0.260. The maximum absolute atomic E-state index is 11.6. The van der Waals surface area contributed by atoms with Crippen LogP contribution in [0.1, 0.15) is 27.2 Å². The fraction of sp³-hybridized carbons (Fsp3) is 0.231. The smallest absolute Gasteiger partial charge is 0.377 e. The molecule has 1 aromatic carbocycles. The number of nitrogens with one attached hydrogen (secondary N) is 1. The summed E-state index contributed by atoms with van der Waals surface area (Å²) in [5.74, 6) is -2.29. The van der Waals surface area contributed by atoms with Crippen molar-refractivity contribution in [3.63, 3.8) is 0 Å². The topological polar surface area (TPSA) is 70.2 Å². The number of fused-ring (bicyclic) bond motifs is 1. The summed E-state index contributed by atoms with van der Waals surface area (Å²) in [6.45, 7) is 5.64. The first kappa shape index (κ1) is 11.4. The molecule has 2 rings (SSSR count). The Hall–Kier alpha value is -2.10. The van der Waals surface area contributed by atoms with Gasteiger partial charge in [-0.25, -0.2) is 4.79 Å². The Balaban J connectivity index is 2.82. The van der Waals surface area contributed by atoms with Gasteiger partial charge >= 0.3 is 5.97 Å². The van der Waals surface area contributed by atoms with Crippen molar-refractivity contribution in [2.45, 2.75) is 20.8 Å². The summed E-state index contributed by atoms with van der Waals surface area (Å²) in [7, 11) is 0. The normalized spacial score (nSPS) is 10.8. The van der Waals surface area contributed by atoms with E-state index in [1.165, 1.54) is 0 Å². The lowest BCUT2D eigenvalue weighted by Gasteiger charge is -2.01. The van der Waals surface area contributed by atoms with Crippen LogP contribution in [-0.2, 0) is 4.79 Å². The molecule has 1 aromatic heterocycles. The van der Waals surface area contributed by atoms with E-state index in [2.05, 4.69) is 4.98 Å². The van der Waals surface area contributed by atoms with Gasteiger partial charge in [0.25, 0.3) is 5.78 Å². The quantitative estimate of drug-likeness (QED) is 0.615. The van der Waals surface area contributed by atoms with Crippen LogP contribution in [0, 0.1) is 20.8 Å². The number of hydrogen-bond acceptors (Lipinski definition) is 2. The lowest BCUT2D eigenvalue weighted by molar-refractivity contribution is -0.131. The van der Waals surface area contributed by atoms with Gasteiger partial charge < -0.3 is 10.1 Å². The van der Waals surface area contributed by atoms with Gasteiger partial charge in [-0.15, -0.1) is 0 Å². The maximum Gasteiger partial charge on any atom is 0.377 e. The molecule has 0 aliphatic carbocycles. The lowest BCUT2D eigenvalue weighted by atomic mass is 10.0. The van der Waals surface area contributed by atoms with Crippen LogP contribution in [0.4, 0.5) is 0 Å². The summed E-state index contributed by atoms with van der Waals surface area (Å²) in [6, 6.07) is 3.68. The van der Waals surface area contributed by atoms with Gasteiger partial charge in [-0.3, -0.25) is 4.79 Å². The van der Waals surface area contributed by atoms with Crippen LogP contribution in [0.2, 0.25) is 0 Å². The van der Waals surface area contributed by atoms with Crippen LogP contribution < -0.4 is 0 Å². The number of ketones is 1. The molecule has 0 fully saturated rings. The first-order valence-electron chi connectivity index (χ1n) is 5.29. The second kappa shape index (κ2) is 3.73. The van der Waals surface area contributed by atoms with Crippen LogP contribution >= 0.6 is 0 Å². The first-order chi connectivity index (χ1) is 7.93. The van der Waals surface area contributed by atoms with Gasteiger partial charge in [0.1, 0.15) is 0 Å². The monoisotopic (exact) mass is 231 g/mol. The molecule has 88 valence electrons. The largest absolute Gasteiger partial charge is 0.475 e. The zero-order chi connectivity index (χ0) is 12.7. The van der Waals surface area contributed by atoms with Crippen LogP contribution in [-0.4, -0.2) is 21.8 Å². The molecule has 0 spiro atoms. The van der Waals surface area contributed by atoms with Crippen molar-refractivity contribution in [1.29, 1.82) is 0 Å². The SMILES string of the molecule is Cc1ccc2c(C(=O)C(=O)O)c(C)[nH]c2c1C. The summed E-state index contributed by atoms with van der Waals surface area (Å²) in [5.41, 5.74) is 3.84. The van der Waals surface area contributed by atoms with Crippen molar-refractivity contribution in [1.82, 2.24) is 4.98 Å². The molecule has 0 unspecified atom stereocenters. The molecule has 4 heteroatoms. The van der Waals surface area contributed by atoms with E-state index in [1.54, 1.807) is 13.0 Å². The molecule has 1 heterocycles. The second-order valence-electron chi connectivity index (χ2n) is 4.19.